The normalized spacial score (nSPS) is 18.2. The third-order valence-corrected chi connectivity index (χ3v) is 5.86. The molecule has 0 unspecified atom stereocenters. The number of nitrogens with zero attached hydrogens (tertiary/aromatic N) is 2. The van der Waals surface area contributed by atoms with Gasteiger partial charge in [-0.15, -0.1) is 0 Å². The van der Waals surface area contributed by atoms with Crippen LogP contribution in [-0.2, 0) is 22.7 Å². The minimum Gasteiger partial charge on any atom is -0.435 e. The molecule has 2 aliphatic rings. The topological polar surface area (TPSA) is 86.9 Å². The third kappa shape index (κ3) is 3.74. The van der Waals surface area contributed by atoms with Gasteiger partial charge in [-0.3, -0.25) is 4.79 Å². The van der Waals surface area contributed by atoms with Gasteiger partial charge in [-0.1, -0.05) is 12.1 Å². The zero-order valence-electron chi connectivity index (χ0n) is 17.1. The second-order valence-corrected chi connectivity index (χ2v) is 7.72. The minimum absolute atomic E-state index is 0.0655. The van der Waals surface area contributed by atoms with Crippen molar-refractivity contribution in [2.75, 3.05) is 25.5 Å². The van der Waals surface area contributed by atoms with Gasteiger partial charge in [-0.05, 0) is 41.5 Å². The summed E-state index contributed by atoms with van der Waals surface area (Å²) in [7, 11) is 0. The molecule has 0 spiro atoms. The molecule has 3 aromatic rings. The molecule has 5 rings (SSSR count). The van der Waals surface area contributed by atoms with Crippen molar-refractivity contribution in [2.45, 2.75) is 25.9 Å². The van der Waals surface area contributed by atoms with Crippen LogP contribution in [0.25, 0.3) is 10.9 Å². The van der Waals surface area contributed by atoms with E-state index in [1.807, 2.05) is 6.07 Å². The molecular formula is C23H21F2N3O4. The molecule has 0 bridgehead atoms. The number of hydrogen-bond acceptors (Lipinski definition) is 6. The lowest BCUT2D eigenvalue weighted by Crippen LogP contribution is -2.43. The lowest BCUT2D eigenvalue weighted by atomic mass is 10.0. The Kier molecular flexibility index (Phi) is 5.36. The zero-order chi connectivity index (χ0) is 22.2. The summed E-state index contributed by atoms with van der Waals surface area (Å²) in [5.41, 5.74) is 9.91. The quantitative estimate of drug-likeness (QED) is 0.665. The first-order valence-electron chi connectivity index (χ1n) is 10.2. The number of morpholine rings is 1. The molecule has 1 amide bonds. The lowest BCUT2D eigenvalue weighted by Gasteiger charge is -2.36. The smallest absolute Gasteiger partial charge is 0.387 e. The summed E-state index contributed by atoms with van der Waals surface area (Å²) in [6.45, 7) is -0.888. The van der Waals surface area contributed by atoms with E-state index in [-0.39, 0.29) is 17.7 Å². The number of amides is 1. The highest BCUT2D eigenvalue weighted by molar-refractivity contribution is 5.99. The summed E-state index contributed by atoms with van der Waals surface area (Å²) in [4.78, 5) is 19.7. The molecule has 2 N–H and O–H groups in total. The number of nitrogens with two attached hydrogens (primary N) is 1. The Labute approximate surface area is 182 Å². The second-order valence-electron chi connectivity index (χ2n) is 7.72. The molecule has 7 nitrogen and oxygen atoms in total. The lowest BCUT2D eigenvalue weighted by molar-refractivity contribution is -0.0498. The van der Waals surface area contributed by atoms with Crippen LogP contribution in [0, 0.1) is 0 Å². The average Bonchev–Trinajstić information content (AvgIpc) is 3.30. The number of pyridine rings is 1. The van der Waals surface area contributed by atoms with Crippen molar-refractivity contribution in [3.63, 3.8) is 0 Å². The molecule has 1 fully saturated rings. The fourth-order valence-corrected chi connectivity index (χ4v) is 4.26. The highest BCUT2D eigenvalue weighted by Gasteiger charge is 2.30. The molecule has 2 aromatic carbocycles. The summed E-state index contributed by atoms with van der Waals surface area (Å²) in [6.07, 6.45) is 0. The Balaban J connectivity index is 1.45. The number of aromatic nitrogens is 1. The number of nitrogen functional groups attached to an aromatic ring is 1. The first-order chi connectivity index (χ1) is 15.5. The monoisotopic (exact) mass is 441 g/mol. The number of anilines is 1. The molecule has 1 saturated heterocycles. The van der Waals surface area contributed by atoms with E-state index in [1.165, 1.54) is 12.1 Å². The third-order valence-electron chi connectivity index (χ3n) is 5.86. The fraction of sp³-hybridized carbons (Fsp3) is 0.304. The van der Waals surface area contributed by atoms with E-state index in [0.29, 0.717) is 44.4 Å². The number of rotatable bonds is 4. The van der Waals surface area contributed by atoms with Crippen LogP contribution in [0.5, 0.6) is 5.75 Å². The van der Waals surface area contributed by atoms with Gasteiger partial charge in [0.2, 0.25) is 0 Å². The van der Waals surface area contributed by atoms with Gasteiger partial charge in [-0.25, -0.2) is 4.98 Å². The molecule has 32 heavy (non-hydrogen) atoms. The molecule has 1 aromatic heterocycles. The molecule has 9 heteroatoms. The molecule has 0 saturated carbocycles. The van der Waals surface area contributed by atoms with E-state index in [2.05, 4.69) is 9.72 Å². The molecule has 0 radical (unpaired) electrons. The Morgan fingerprint density at radius 2 is 1.91 bits per heavy atom. The van der Waals surface area contributed by atoms with E-state index in [1.54, 1.807) is 29.2 Å². The first-order valence-corrected chi connectivity index (χ1v) is 10.2. The average molecular weight is 441 g/mol. The SMILES string of the molecule is Nc1nc2ccc(C(=O)N3CCOC[C@H]3c3ccc(OC(F)F)cc3)cc2c2c1COC2. The van der Waals surface area contributed by atoms with Crippen molar-refractivity contribution < 1.29 is 27.8 Å². The Hall–Kier alpha value is -3.30. The van der Waals surface area contributed by atoms with Gasteiger partial charge in [0.25, 0.3) is 5.91 Å². The first kappa shape index (κ1) is 20.6. The van der Waals surface area contributed by atoms with Crippen LogP contribution in [0.4, 0.5) is 14.6 Å². The minimum atomic E-state index is -2.89. The molecule has 0 aliphatic carbocycles. The standard InChI is InChI=1S/C23H21F2N3O4/c24-23(25)32-15-4-1-13(2-5-15)20-12-30-8-7-28(20)22(29)14-3-6-19-16(9-14)17-10-31-11-18(17)21(26)27-19/h1-6,9,20,23H,7-8,10-12H2,(H2,26,27)/t20-/m0/s1. The number of alkyl halides is 2. The highest BCUT2D eigenvalue weighted by atomic mass is 19.3. The van der Waals surface area contributed by atoms with Crippen LogP contribution in [0.1, 0.15) is 33.1 Å². The number of halogens is 2. The van der Waals surface area contributed by atoms with Crippen LogP contribution in [0.15, 0.2) is 42.5 Å². The van der Waals surface area contributed by atoms with E-state index < -0.39 is 6.61 Å². The van der Waals surface area contributed by atoms with Gasteiger partial charge in [0.1, 0.15) is 11.6 Å². The van der Waals surface area contributed by atoms with E-state index in [0.717, 1.165) is 27.6 Å². The number of carbonyl (C=O) groups excluding carboxylic acids is 1. The predicted molar refractivity (Wildman–Crippen MR) is 112 cm³/mol. The van der Waals surface area contributed by atoms with Gasteiger partial charge >= 0.3 is 6.61 Å². The van der Waals surface area contributed by atoms with Crippen molar-refractivity contribution in [1.29, 1.82) is 0 Å². The van der Waals surface area contributed by atoms with Crippen molar-refractivity contribution in [2.24, 2.45) is 0 Å². The van der Waals surface area contributed by atoms with Crippen molar-refractivity contribution in [3.8, 4) is 5.75 Å². The van der Waals surface area contributed by atoms with Gasteiger partial charge in [-0.2, -0.15) is 8.78 Å². The predicted octanol–water partition coefficient (Wildman–Crippen LogP) is 3.66. The molecule has 3 heterocycles. The van der Waals surface area contributed by atoms with Gasteiger partial charge in [0.15, 0.2) is 0 Å². The van der Waals surface area contributed by atoms with Crippen molar-refractivity contribution in [3.05, 3.63) is 64.7 Å². The Morgan fingerprint density at radius 3 is 2.69 bits per heavy atom. The highest BCUT2D eigenvalue weighted by Crippen LogP contribution is 2.33. The largest absolute Gasteiger partial charge is 0.435 e. The Bertz CT molecular complexity index is 1170. The summed E-state index contributed by atoms with van der Waals surface area (Å²) < 4.78 is 40.4. The van der Waals surface area contributed by atoms with E-state index >= 15 is 0 Å². The van der Waals surface area contributed by atoms with Crippen molar-refractivity contribution >= 4 is 22.6 Å². The summed E-state index contributed by atoms with van der Waals surface area (Å²) >= 11 is 0. The summed E-state index contributed by atoms with van der Waals surface area (Å²) in [5.74, 6) is 0.380. The fourth-order valence-electron chi connectivity index (χ4n) is 4.26. The van der Waals surface area contributed by atoms with Crippen molar-refractivity contribution in [1.82, 2.24) is 9.88 Å². The molecule has 166 valence electrons. The van der Waals surface area contributed by atoms with Crippen LogP contribution in [-0.4, -0.2) is 42.2 Å². The number of fused-ring (bicyclic) bond motifs is 3. The maximum Gasteiger partial charge on any atom is 0.387 e. The summed E-state index contributed by atoms with van der Waals surface area (Å²) in [5, 5.41) is 0.857. The number of benzene rings is 2. The molecule has 2 aliphatic heterocycles. The number of ether oxygens (including phenoxy) is 3. The van der Waals surface area contributed by atoms with Gasteiger partial charge in [0, 0.05) is 23.1 Å². The summed E-state index contributed by atoms with van der Waals surface area (Å²) in [6, 6.07) is 11.3. The van der Waals surface area contributed by atoms with Gasteiger partial charge in [0.05, 0.1) is 38.0 Å². The van der Waals surface area contributed by atoms with Gasteiger partial charge < -0.3 is 24.8 Å². The zero-order valence-corrected chi connectivity index (χ0v) is 17.1. The number of hydrogen-bond donors (Lipinski definition) is 1. The maximum atomic E-state index is 13.5. The molecule has 1 atom stereocenters. The van der Waals surface area contributed by atoms with E-state index in [9.17, 15) is 13.6 Å². The van der Waals surface area contributed by atoms with Crippen LogP contribution >= 0.6 is 0 Å². The van der Waals surface area contributed by atoms with E-state index in [4.69, 9.17) is 15.2 Å². The number of carbonyl (C=O) groups is 1. The molecular weight excluding hydrogens is 420 g/mol. The van der Waals surface area contributed by atoms with Crippen LogP contribution in [0.2, 0.25) is 0 Å². The van der Waals surface area contributed by atoms with Crippen LogP contribution < -0.4 is 10.5 Å². The maximum absolute atomic E-state index is 13.5. The Morgan fingerprint density at radius 1 is 1.12 bits per heavy atom. The second kappa shape index (κ2) is 8.33. The van der Waals surface area contributed by atoms with Crippen LogP contribution in [0.3, 0.4) is 0 Å².